The number of aliphatic hydroxyl groups excluding tert-OH is 1. The van der Waals surface area contributed by atoms with E-state index in [0.29, 0.717) is 13.0 Å². The highest BCUT2D eigenvalue weighted by atomic mass is 16.5. The van der Waals surface area contributed by atoms with Crippen molar-refractivity contribution in [3.63, 3.8) is 0 Å². The minimum Gasteiger partial charge on any atom is -0.445 e. The first-order valence-corrected chi connectivity index (χ1v) is 6.12. The number of alkyl carbamates (subject to hydrolysis) is 1. The molecule has 0 unspecified atom stereocenters. The van der Waals surface area contributed by atoms with Gasteiger partial charge in [-0.2, -0.15) is 0 Å². The third kappa shape index (κ3) is 4.37. The SMILES string of the molecule is Cc1cc(C)c(COC(=O)NCCCO)c(C)c1. The van der Waals surface area contributed by atoms with Gasteiger partial charge in [-0.3, -0.25) is 0 Å². The fourth-order valence-electron chi connectivity index (χ4n) is 1.90. The molecule has 0 spiro atoms. The van der Waals surface area contributed by atoms with Gasteiger partial charge < -0.3 is 15.2 Å². The zero-order valence-electron chi connectivity index (χ0n) is 11.2. The van der Waals surface area contributed by atoms with Crippen LogP contribution in [0.1, 0.15) is 28.7 Å². The lowest BCUT2D eigenvalue weighted by atomic mass is 10.0. The van der Waals surface area contributed by atoms with E-state index in [1.54, 1.807) is 0 Å². The van der Waals surface area contributed by atoms with Gasteiger partial charge in [0.15, 0.2) is 0 Å². The Bertz CT molecular complexity index is 392. The minimum absolute atomic E-state index is 0.0659. The zero-order chi connectivity index (χ0) is 13.5. The van der Waals surface area contributed by atoms with Gasteiger partial charge in [0.2, 0.25) is 0 Å². The van der Waals surface area contributed by atoms with Crippen LogP contribution in [0.2, 0.25) is 0 Å². The standard InChI is InChI=1S/C14H21NO3/c1-10-7-11(2)13(12(3)8-10)9-18-14(17)15-5-4-6-16/h7-8,16H,4-6,9H2,1-3H3,(H,15,17). The van der Waals surface area contributed by atoms with Crippen LogP contribution in [0.5, 0.6) is 0 Å². The summed E-state index contributed by atoms with van der Waals surface area (Å²) in [4.78, 5) is 11.4. The Labute approximate surface area is 108 Å². The number of ether oxygens (including phenoxy) is 1. The van der Waals surface area contributed by atoms with Crippen LogP contribution in [0.15, 0.2) is 12.1 Å². The molecule has 0 fully saturated rings. The predicted octanol–water partition coefficient (Wildman–Crippen LogP) is 2.22. The van der Waals surface area contributed by atoms with Crippen LogP contribution in [0.25, 0.3) is 0 Å². The summed E-state index contributed by atoms with van der Waals surface area (Å²) in [5, 5.41) is 11.2. The maximum absolute atomic E-state index is 11.4. The van der Waals surface area contributed by atoms with Gasteiger partial charge in [-0.15, -0.1) is 0 Å². The Morgan fingerprint density at radius 2 is 1.89 bits per heavy atom. The summed E-state index contributed by atoms with van der Waals surface area (Å²) in [5.41, 5.74) is 4.53. The van der Waals surface area contributed by atoms with E-state index in [9.17, 15) is 4.79 Å². The molecule has 0 aliphatic heterocycles. The molecule has 0 aliphatic rings. The van der Waals surface area contributed by atoms with Crippen molar-refractivity contribution >= 4 is 6.09 Å². The quantitative estimate of drug-likeness (QED) is 0.789. The number of aryl methyl sites for hydroxylation is 3. The van der Waals surface area contributed by atoms with Crippen LogP contribution < -0.4 is 5.32 Å². The molecule has 4 nitrogen and oxygen atoms in total. The monoisotopic (exact) mass is 251 g/mol. The molecule has 0 aromatic heterocycles. The first-order valence-electron chi connectivity index (χ1n) is 6.12. The first kappa shape index (κ1) is 14.5. The molecule has 0 atom stereocenters. The predicted molar refractivity (Wildman–Crippen MR) is 70.5 cm³/mol. The van der Waals surface area contributed by atoms with E-state index in [4.69, 9.17) is 9.84 Å². The molecule has 1 aromatic carbocycles. The van der Waals surface area contributed by atoms with E-state index >= 15 is 0 Å². The molecule has 1 aromatic rings. The second-order valence-corrected chi connectivity index (χ2v) is 4.46. The molecular formula is C14H21NO3. The molecular weight excluding hydrogens is 230 g/mol. The van der Waals surface area contributed by atoms with Gasteiger partial charge in [0.1, 0.15) is 6.61 Å². The Kier molecular flexibility index (Phi) is 5.65. The van der Waals surface area contributed by atoms with Gasteiger partial charge in [-0.05, 0) is 43.9 Å². The maximum Gasteiger partial charge on any atom is 0.407 e. The van der Waals surface area contributed by atoms with E-state index in [1.165, 1.54) is 5.56 Å². The second kappa shape index (κ2) is 7.01. The van der Waals surface area contributed by atoms with Gasteiger partial charge in [0.05, 0.1) is 0 Å². The van der Waals surface area contributed by atoms with E-state index in [0.717, 1.165) is 16.7 Å². The van der Waals surface area contributed by atoms with Gasteiger partial charge in [0.25, 0.3) is 0 Å². The summed E-state index contributed by atoms with van der Waals surface area (Å²) < 4.78 is 5.14. The third-order valence-corrected chi connectivity index (χ3v) is 2.79. The Hall–Kier alpha value is -1.55. The zero-order valence-corrected chi connectivity index (χ0v) is 11.2. The van der Waals surface area contributed by atoms with Crippen molar-refractivity contribution in [3.05, 3.63) is 34.4 Å². The van der Waals surface area contributed by atoms with Crippen molar-refractivity contribution in [3.8, 4) is 0 Å². The molecule has 1 rings (SSSR count). The number of hydrogen-bond acceptors (Lipinski definition) is 3. The number of rotatable bonds is 5. The summed E-state index contributed by atoms with van der Waals surface area (Å²) in [6.07, 6.45) is 0.0975. The van der Waals surface area contributed by atoms with Crippen molar-refractivity contribution < 1.29 is 14.6 Å². The Morgan fingerprint density at radius 1 is 1.28 bits per heavy atom. The minimum atomic E-state index is -0.442. The van der Waals surface area contributed by atoms with E-state index < -0.39 is 6.09 Å². The van der Waals surface area contributed by atoms with Crippen LogP contribution >= 0.6 is 0 Å². The van der Waals surface area contributed by atoms with Gasteiger partial charge in [-0.1, -0.05) is 17.7 Å². The number of carbonyl (C=O) groups is 1. The normalized spacial score (nSPS) is 10.2. The fourth-order valence-corrected chi connectivity index (χ4v) is 1.90. The van der Waals surface area contributed by atoms with Crippen molar-refractivity contribution in [2.45, 2.75) is 33.8 Å². The molecule has 0 saturated heterocycles. The molecule has 0 radical (unpaired) electrons. The molecule has 0 bridgehead atoms. The average Bonchev–Trinajstić information content (AvgIpc) is 2.27. The third-order valence-electron chi connectivity index (χ3n) is 2.79. The Balaban J connectivity index is 2.51. The number of benzene rings is 1. The highest BCUT2D eigenvalue weighted by Crippen LogP contribution is 2.17. The van der Waals surface area contributed by atoms with Crippen LogP contribution in [0, 0.1) is 20.8 Å². The van der Waals surface area contributed by atoms with Crippen LogP contribution in [0.4, 0.5) is 4.79 Å². The summed E-state index contributed by atoms with van der Waals surface area (Å²) >= 11 is 0. The van der Waals surface area contributed by atoms with Crippen LogP contribution in [-0.4, -0.2) is 24.4 Å². The first-order chi connectivity index (χ1) is 8.54. The van der Waals surface area contributed by atoms with Crippen molar-refractivity contribution in [2.75, 3.05) is 13.2 Å². The largest absolute Gasteiger partial charge is 0.445 e. The van der Waals surface area contributed by atoms with Gasteiger partial charge >= 0.3 is 6.09 Å². The summed E-state index contributed by atoms with van der Waals surface area (Å²) in [7, 11) is 0. The maximum atomic E-state index is 11.4. The van der Waals surface area contributed by atoms with Crippen LogP contribution in [0.3, 0.4) is 0 Å². The van der Waals surface area contributed by atoms with Gasteiger partial charge in [-0.25, -0.2) is 4.79 Å². The molecule has 2 N–H and O–H groups in total. The number of nitrogens with one attached hydrogen (secondary N) is 1. The van der Waals surface area contributed by atoms with Crippen LogP contribution in [-0.2, 0) is 11.3 Å². The van der Waals surface area contributed by atoms with Crippen molar-refractivity contribution in [1.29, 1.82) is 0 Å². The van der Waals surface area contributed by atoms with E-state index in [1.807, 2.05) is 20.8 Å². The van der Waals surface area contributed by atoms with Crippen molar-refractivity contribution in [1.82, 2.24) is 5.32 Å². The number of aliphatic hydroxyl groups is 1. The second-order valence-electron chi connectivity index (χ2n) is 4.46. The Morgan fingerprint density at radius 3 is 2.44 bits per heavy atom. The highest BCUT2D eigenvalue weighted by Gasteiger charge is 2.07. The lowest BCUT2D eigenvalue weighted by molar-refractivity contribution is 0.138. The lowest BCUT2D eigenvalue weighted by Crippen LogP contribution is -2.25. The smallest absolute Gasteiger partial charge is 0.407 e. The fraction of sp³-hybridized carbons (Fsp3) is 0.500. The summed E-state index contributed by atoms with van der Waals surface area (Å²) in [6.45, 7) is 6.86. The average molecular weight is 251 g/mol. The van der Waals surface area contributed by atoms with E-state index in [2.05, 4.69) is 17.4 Å². The molecule has 0 heterocycles. The van der Waals surface area contributed by atoms with Gasteiger partial charge in [0, 0.05) is 13.2 Å². The van der Waals surface area contributed by atoms with Crippen molar-refractivity contribution in [2.24, 2.45) is 0 Å². The summed E-state index contributed by atoms with van der Waals surface area (Å²) in [6, 6.07) is 4.16. The topological polar surface area (TPSA) is 58.6 Å². The highest BCUT2D eigenvalue weighted by molar-refractivity contribution is 5.67. The molecule has 0 saturated carbocycles. The molecule has 18 heavy (non-hydrogen) atoms. The molecule has 4 heteroatoms. The lowest BCUT2D eigenvalue weighted by Gasteiger charge is -2.12. The molecule has 1 amide bonds. The van der Waals surface area contributed by atoms with E-state index in [-0.39, 0.29) is 13.2 Å². The number of amides is 1. The number of hydrogen-bond donors (Lipinski definition) is 2. The summed E-state index contributed by atoms with van der Waals surface area (Å²) in [5.74, 6) is 0. The molecule has 100 valence electrons. The molecule has 0 aliphatic carbocycles. The number of carbonyl (C=O) groups excluding carboxylic acids is 1.